The lowest BCUT2D eigenvalue weighted by Gasteiger charge is -2.19. The van der Waals surface area contributed by atoms with E-state index in [0.717, 1.165) is 16.7 Å². The van der Waals surface area contributed by atoms with E-state index in [1.807, 2.05) is 45.9 Å². The molecular weight excluding hydrogens is 235 g/mol. The zero-order valence-corrected chi connectivity index (χ0v) is 11.9. The van der Waals surface area contributed by atoms with E-state index in [1.54, 1.807) is 0 Å². The molecule has 17 heavy (non-hydrogen) atoms. The molecule has 0 aliphatic rings. The van der Waals surface area contributed by atoms with Gasteiger partial charge in [0.05, 0.1) is 19.4 Å². The molecule has 0 N–H and O–H groups in total. The normalized spacial score (nSPS) is 11.8. The summed E-state index contributed by atoms with van der Waals surface area (Å²) < 4.78 is 23.1. The monoisotopic (exact) mass is 256 g/mol. The van der Waals surface area contributed by atoms with Crippen LogP contribution in [0.4, 0.5) is 0 Å². The first-order chi connectivity index (χ1) is 8.02. The number of benzene rings is 1. The molecule has 0 saturated heterocycles. The van der Waals surface area contributed by atoms with Gasteiger partial charge in [-0.05, 0) is 44.4 Å². The number of aryl methyl sites for hydroxylation is 2. The fraction of sp³-hybridized carbons (Fsp3) is 0.538. The van der Waals surface area contributed by atoms with Crippen LogP contribution in [-0.4, -0.2) is 13.2 Å². The Bertz CT molecular complexity index is 385. The van der Waals surface area contributed by atoms with Gasteiger partial charge in [0, 0.05) is 0 Å². The third-order valence-corrected chi connectivity index (χ3v) is 4.65. The van der Waals surface area contributed by atoms with Crippen molar-refractivity contribution in [3.63, 3.8) is 0 Å². The zero-order chi connectivity index (χ0) is 12.9. The third-order valence-electron chi connectivity index (χ3n) is 2.65. The van der Waals surface area contributed by atoms with Crippen LogP contribution in [0.5, 0.6) is 0 Å². The summed E-state index contributed by atoms with van der Waals surface area (Å²) in [6.07, 6.45) is 0.354. The van der Waals surface area contributed by atoms with Crippen molar-refractivity contribution in [2.24, 2.45) is 0 Å². The quantitative estimate of drug-likeness (QED) is 0.720. The molecule has 0 unspecified atom stereocenters. The first-order valence-electron chi connectivity index (χ1n) is 5.95. The van der Waals surface area contributed by atoms with Crippen molar-refractivity contribution in [2.75, 3.05) is 13.2 Å². The summed E-state index contributed by atoms with van der Waals surface area (Å²) >= 11 is 0. The summed E-state index contributed by atoms with van der Waals surface area (Å²) in [6, 6.07) is 6.04. The fourth-order valence-electron chi connectivity index (χ4n) is 1.81. The summed E-state index contributed by atoms with van der Waals surface area (Å²) in [5.74, 6) is 0. The largest absolute Gasteiger partial charge is 0.335 e. The molecule has 0 saturated carbocycles. The molecule has 96 valence electrons. The van der Waals surface area contributed by atoms with Crippen molar-refractivity contribution in [3.05, 3.63) is 34.9 Å². The minimum Gasteiger partial charge on any atom is -0.309 e. The smallest absolute Gasteiger partial charge is 0.309 e. The van der Waals surface area contributed by atoms with Crippen molar-refractivity contribution in [2.45, 2.75) is 33.9 Å². The fourth-order valence-corrected chi connectivity index (χ4v) is 3.74. The first kappa shape index (κ1) is 14.4. The highest BCUT2D eigenvalue weighted by molar-refractivity contribution is 7.53. The second kappa shape index (κ2) is 6.34. The Morgan fingerprint density at radius 1 is 1.06 bits per heavy atom. The topological polar surface area (TPSA) is 35.5 Å². The van der Waals surface area contributed by atoms with Crippen molar-refractivity contribution in [1.82, 2.24) is 0 Å². The highest BCUT2D eigenvalue weighted by Gasteiger charge is 2.25. The van der Waals surface area contributed by atoms with Gasteiger partial charge in [0.25, 0.3) is 0 Å². The average molecular weight is 256 g/mol. The van der Waals surface area contributed by atoms with Crippen LogP contribution in [0, 0.1) is 13.8 Å². The number of rotatable bonds is 6. The van der Waals surface area contributed by atoms with Crippen molar-refractivity contribution in [1.29, 1.82) is 0 Å². The van der Waals surface area contributed by atoms with Gasteiger partial charge in [0.15, 0.2) is 0 Å². The molecule has 1 rings (SSSR count). The summed E-state index contributed by atoms with van der Waals surface area (Å²) in [5, 5.41) is 0. The maximum atomic E-state index is 12.4. The molecule has 0 fully saturated rings. The molecule has 0 amide bonds. The molecular formula is C13H21O3P. The van der Waals surface area contributed by atoms with Gasteiger partial charge in [-0.25, -0.2) is 0 Å². The van der Waals surface area contributed by atoms with Crippen LogP contribution in [0.25, 0.3) is 0 Å². The minimum absolute atomic E-state index is 0.354. The van der Waals surface area contributed by atoms with Crippen LogP contribution < -0.4 is 0 Å². The molecule has 0 aromatic heterocycles. The van der Waals surface area contributed by atoms with Crippen LogP contribution in [-0.2, 0) is 19.8 Å². The molecule has 0 heterocycles. The van der Waals surface area contributed by atoms with Crippen LogP contribution in [0.15, 0.2) is 18.2 Å². The summed E-state index contributed by atoms with van der Waals surface area (Å²) in [5.41, 5.74) is 3.33. The van der Waals surface area contributed by atoms with Gasteiger partial charge in [0.2, 0.25) is 0 Å². The van der Waals surface area contributed by atoms with E-state index in [1.165, 1.54) is 0 Å². The van der Waals surface area contributed by atoms with E-state index in [2.05, 4.69) is 0 Å². The number of hydrogen-bond donors (Lipinski definition) is 0. The Balaban J connectivity index is 2.97. The van der Waals surface area contributed by atoms with E-state index in [9.17, 15) is 4.57 Å². The van der Waals surface area contributed by atoms with Gasteiger partial charge in [0.1, 0.15) is 0 Å². The lowest BCUT2D eigenvalue weighted by Crippen LogP contribution is -2.02. The standard InChI is InChI=1S/C13H21O3P/c1-5-15-17(14,16-6-2)10-13-11(3)8-7-9-12(13)4/h7-9H,5-6,10H2,1-4H3. The summed E-state index contributed by atoms with van der Waals surface area (Å²) in [6.45, 7) is 8.51. The SMILES string of the molecule is CCOP(=O)(Cc1c(C)cccc1C)OCC. The first-order valence-corrected chi connectivity index (χ1v) is 7.68. The lowest BCUT2D eigenvalue weighted by molar-refractivity contribution is 0.219. The van der Waals surface area contributed by atoms with Crippen LogP contribution in [0.2, 0.25) is 0 Å². The lowest BCUT2D eigenvalue weighted by atomic mass is 10.1. The van der Waals surface area contributed by atoms with Crippen LogP contribution in [0.1, 0.15) is 30.5 Å². The predicted molar refractivity (Wildman–Crippen MR) is 70.5 cm³/mol. The van der Waals surface area contributed by atoms with E-state index in [4.69, 9.17) is 9.05 Å². The molecule has 0 aliphatic heterocycles. The number of hydrogen-bond acceptors (Lipinski definition) is 3. The average Bonchev–Trinajstić information content (AvgIpc) is 2.24. The summed E-state index contributed by atoms with van der Waals surface area (Å²) in [7, 11) is -3.00. The van der Waals surface area contributed by atoms with Gasteiger partial charge in [-0.1, -0.05) is 18.2 Å². The van der Waals surface area contributed by atoms with E-state index < -0.39 is 7.60 Å². The molecule has 3 nitrogen and oxygen atoms in total. The zero-order valence-electron chi connectivity index (χ0n) is 11.0. The maximum Gasteiger partial charge on any atom is 0.335 e. The predicted octanol–water partition coefficient (Wildman–Crippen LogP) is 4.07. The minimum atomic E-state index is -3.00. The van der Waals surface area contributed by atoms with Crippen molar-refractivity contribution in [3.8, 4) is 0 Å². The third kappa shape index (κ3) is 3.95. The van der Waals surface area contributed by atoms with Crippen molar-refractivity contribution < 1.29 is 13.6 Å². The second-order valence-electron chi connectivity index (χ2n) is 3.97. The molecule has 1 aromatic carbocycles. The molecule has 0 aliphatic carbocycles. The molecule has 1 aromatic rings. The van der Waals surface area contributed by atoms with Gasteiger partial charge < -0.3 is 9.05 Å². The van der Waals surface area contributed by atoms with Gasteiger partial charge >= 0.3 is 7.60 Å². The molecule has 0 radical (unpaired) electrons. The molecule has 4 heteroatoms. The van der Waals surface area contributed by atoms with Crippen LogP contribution in [0.3, 0.4) is 0 Å². The molecule has 0 atom stereocenters. The highest BCUT2D eigenvalue weighted by Crippen LogP contribution is 2.52. The Labute approximate surface area is 104 Å². The van der Waals surface area contributed by atoms with E-state index in [0.29, 0.717) is 19.4 Å². The Kier molecular flexibility index (Phi) is 5.38. The Morgan fingerprint density at radius 2 is 1.53 bits per heavy atom. The van der Waals surface area contributed by atoms with E-state index in [-0.39, 0.29) is 0 Å². The van der Waals surface area contributed by atoms with Gasteiger partial charge in [-0.15, -0.1) is 0 Å². The molecule has 0 bridgehead atoms. The Hall–Kier alpha value is -0.630. The van der Waals surface area contributed by atoms with Crippen molar-refractivity contribution >= 4 is 7.60 Å². The maximum absolute atomic E-state index is 12.4. The molecule has 0 spiro atoms. The van der Waals surface area contributed by atoms with Gasteiger partial charge in [-0.2, -0.15) is 0 Å². The summed E-state index contributed by atoms with van der Waals surface area (Å²) in [4.78, 5) is 0. The van der Waals surface area contributed by atoms with Crippen LogP contribution >= 0.6 is 7.60 Å². The highest BCUT2D eigenvalue weighted by atomic mass is 31.2. The van der Waals surface area contributed by atoms with Gasteiger partial charge in [-0.3, -0.25) is 4.57 Å². The second-order valence-corrected chi connectivity index (χ2v) is 6.03. The Morgan fingerprint density at radius 3 is 1.94 bits per heavy atom. The van der Waals surface area contributed by atoms with E-state index >= 15 is 0 Å².